The van der Waals surface area contributed by atoms with E-state index in [1.54, 1.807) is 49.5 Å². The van der Waals surface area contributed by atoms with Gasteiger partial charge >= 0.3 is 18.4 Å². The Balaban J connectivity index is 1.32. The van der Waals surface area contributed by atoms with E-state index >= 15 is 0 Å². The number of rotatable bonds is 5. The number of aromatic nitrogens is 1. The van der Waals surface area contributed by atoms with E-state index in [1.807, 2.05) is 17.4 Å². The van der Waals surface area contributed by atoms with Gasteiger partial charge in [-0.15, -0.1) is 0 Å². The number of nitrogens with one attached hydrogen (secondary N) is 5. The zero-order valence-electron chi connectivity index (χ0n) is 21.6. The summed E-state index contributed by atoms with van der Waals surface area (Å²) < 4.78 is 78.9. The summed E-state index contributed by atoms with van der Waals surface area (Å²) >= 11 is 0. The van der Waals surface area contributed by atoms with Gasteiger partial charge in [-0.2, -0.15) is 26.3 Å². The van der Waals surface area contributed by atoms with E-state index < -0.39 is 35.2 Å². The summed E-state index contributed by atoms with van der Waals surface area (Å²) in [5.74, 6) is -0.256. The Morgan fingerprint density at radius 1 is 0.810 bits per heavy atom. The number of alkyl halides is 6. The molecule has 1 aliphatic heterocycles. The van der Waals surface area contributed by atoms with Crippen LogP contribution in [-0.4, -0.2) is 16.9 Å². The van der Waals surface area contributed by atoms with Gasteiger partial charge < -0.3 is 26.3 Å². The molecule has 0 saturated heterocycles. The molecule has 42 heavy (non-hydrogen) atoms. The lowest BCUT2D eigenvalue weighted by molar-refractivity contribution is -0.143. The number of aryl methyl sites for hydroxylation is 1. The third kappa shape index (κ3) is 6.24. The lowest BCUT2D eigenvalue weighted by Crippen LogP contribution is -2.21. The number of hydrogen-bond donors (Lipinski definition) is 5. The van der Waals surface area contributed by atoms with E-state index in [1.165, 1.54) is 6.07 Å². The number of amides is 3. The molecule has 0 saturated carbocycles. The molecular weight excluding hydrogens is 564 g/mol. The van der Waals surface area contributed by atoms with Crippen LogP contribution < -0.4 is 21.3 Å². The highest BCUT2D eigenvalue weighted by Crippen LogP contribution is 2.38. The van der Waals surface area contributed by atoms with Crippen molar-refractivity contribution in [1.82, 2.24) is 4.98 Å². The van der Waals surface area contributed by atoms with Gasteiger partial charge in [0.15, 0.2) is 0 Å². The van der Waals surface area contributed by atoms with Crippen molar-refractivity contribution in [1.29, 1.82) is 0 Å². The topological polar surface area (TPSA) is 98.0 Å². The summed E-state index contributed by atoms with van der Waals surface area (Å²) in [4.78, 5) is 28.1. The monoisotopic (exact) mass is 585 g/mol. The first-order valence-corrected chi connectivity index (χ1v) is 12.3. The molecule has 0 fully saturated rings. The minimum atomic E-state index is -5.05. The predicted molar refractivity (Wildman–Crippen MR) is 147 cm³/mol. The number of carbonyl (C=O) groups excluding carboxylic acids is 2. The molecule has 2 heterocycles. The minimum absolute atomic E-state index is 0.0234. The molecule has 0 radical (unpaired) electrons. The van der Waals surface area contributed by atoms with Gasteiger partial charge in [0.25, 0.3) is 5.91 Å². The maximum Gasteiger partial charge on any atom is 0.416 e. The van der Waals surface area contributed by atoms with E-state index in [0.29, 0.717) is 40.3 Å². The Morgan fingerprint density at radius 3 is 2.12 bits per heavy atom. The van der Waals surface area contributed by atoms with Gasteiger partial charge in [0, 0.05) is 40.2 Å². The molecule has 7 nitrogen and oxygen atoms in total. The van der Waals surface area contributed by atoms with Crippen molar-refractivity contribution >= 4 is 52.0 Å². The van der Waals surface area contributed by atoms with Gasteiger partial charge in [0.2, 0.25) is 0 Å². The highest BCUT2D eigenvalue weighted by atomic mass is 19.4. The molecule has 0 atom stereocenters. The predicted octanol–water partition coefficient (Wildman–Crippen LogP) is 8.24. The van der Waals surface area contributed by atoms with Gasteiger partial charge in [-0.1, -0.05) is 12.1 Å². The summed E-state index contributed by atoms with van der Waals surface area (Å²) in [7, 11) is 0. The average molecular weight is 586 g/mol. The first-order chi connectivity index (χ1) is 19.8. The Labute approximate surface area is 234 Å². The van der Waals surface area contributed by atoms with E-state index in [-0.39, 0.29) is 17.7 Å². The maximum atomic E-state index is 13.1. The van der Waals surface area contributed by atoms with Crippen LogP contribution in [0, 0.1) is 6.92 Å². The molecule has 4 aromatic rings. The fraction of sp³-hybridized carbons (Fsp3) is 0.103. The molecular formula is C29H21F6N5O2. The van der Waals surface area contributed by atoms with Crippen molar-refractivity contribution in [3.63, 3.8) is 0 Å². The largest absolute Gasteiger partial charge is 0.416 e. The number of anilines is 5. The van der Waals surface area contributed by atoms with Crippen LogP contribution in [0.1, 0.15) is 27.9 Å². The smallest absolute Gasteiger partial charge is 0.362 e. The first-order valence-electron chi connectivity index (χ1n) is 12.3. The molecule has 0 unspecified atom stereocenters. The van der Waals surface area contributed by atoms with Gasteiger partial charge in [0.05, 0.1) is 22.4 Å². The molecule has 5 rings (SSSR count). The highest BCUT2D eigenvalue weighted by molar-refractivity contribution is 6.35. The highest BCUT2D eigenvalue weighted by Gasteiger charge is 2.37. The van der Waals surface area contributed by atoms with Crippen LogP contribution >= 0.6 is 0 Å². The Hall–Kier alpha value is -5.20. The number of carbonyl (C=O) groups is 2. The zero-order chi connectivity index (χ0) is 30.2. The first kappa shape index (κ1) is 28.3. The average Bonchev–Trinajstić information content (AvgIpc) is 3.52. The van der Waals surface area contributed by atoms with Crippen molar-refractivity contribution in [3.8, 4) is 0 Å². The minimum Gasteiger partial charge on any atom is -0.362 e. The molecule has 0 spiro atoms. The van der Waals surface area contributed by atoms with Gasteiger partial charge in [-0.3, -0.25) is 4.79 Å². The van der Waals surface area contributed by atoms with Crippen molar-refractivity contribution < 1.29 is 35.9 Å². The second-order valence-electron chi connectivity index (χ2n) is 9.43. The quantitative estimate of drug-likeness (QED) is 0.121. The number of H-pyrrole nitrogens is 1. The fourth-order valence-corrected chi connectivity index (χ4v) is 4.32. The van der Waals surface area contributed by atoms with E-state index in [0.717, 1.165) is 11.3 Å². The van der Waals surface area contributed by atoms with Gasteiger partial charge in [-0.05, 0) is 73.2 Å². The molecule has 0 bridgehead atoms. The molecule has 3 amide bonds. The summed E-state index contributed by atoms with van der Waals surface area (Å²) in [5, 5.41) is 10.5. The number of hydrogen-bond acceptors (Lipinski definition) is 3. The maximum absolute atomic E-state index is 13.1. The van der Waals surface area contributed by atoms with Crippen LogP contribution in [0.4, 0.5) is 59.6 Å². The van der Waals surface area contributed by atoms with E-state index in [9.17, 15) is 35.9 Å². The summed E-state index contributed by atoms with van der Waals surface area (Å²) in [6.07, 6.45) is -6.61. The van der Waals surface area contributed by atoms with E-state index in [4.69, 9.17) is 0 Å². The van der Waals surface area contributed by atoms with Crippen LogP contribution in [0.15, 0.2) is 72.9 Å². The molecule has 216 valence electrons. The van der Waals surface area contributed by atoms with Gasteiger partial charge in [-0.25, -0.2) is 4.79 Å². The Bertz CT molecular complexity index is 1680. The lowest BCUT2D eigenvalue weighted by Gasteiger charge is -2.16. The van der Waals surface area contributed by atoms with Crippen LogP contribution in [-0.2, 0) is 17.1 Å². The number of aromatic amines is 1. The zero-order valence-corrected chi connectivity index (χ0v) is 21.6. The molecule has 5 N–H and O–H groups in total. The Kier molecular flexibility index (Phi) is 7.19. The van der Waals surface area contributed by atoms with Crippen molar-refractivity contribution in [2.45, 2.75) is 19.3 Å². The summed E-state index contributed by atoms with van der Waals surface area (Å²) in [5.41, 5.74) is 0.953. The van der Waals surface area contributed by atoms with Crippen LogP contribution in [0.25, 0.3) is 11.6 Å². The number of urea groups is 1. The van der Waals surface area contributed by atoms with Crippen molar-refractivity contribution in [2.75, 3.05) is 21.3 Å². The standard InChI is InChI=1S/C29H21F6N5O2/c1-15-4-5-20(38-27(42)39-21-10-16(28(30,31)32)9-17(11-21)29(33,34)35)13-24(15)37-19-6-7-22-23(12-18-3-2-8-36-18)26(41)40-25(22)14-19/h2-14,36-37H,1H3,(H,40,41)(H2,38,39,42)/b23-12-. The fourth-order valence-electron chi connectivity index (χ4n) is 4.32. The molecule has 1 aromatic heterocycles. The SMILES string of the molecule is Cc1ccc(NC(=O)Nc2cc(C(F)(F)F)cc(C(F)(F)F)c2)cc1Nc1ccc2c(c1)NC(=O)/C2=C\c1ccc[nH]1. The molecule has 1 aliphatic rings. The number of fused-ring (bicyclic) bond motifs is 1. The second-order valence-corrected chi connectivity index (χ2v) is 9.43. The van der Waals surface area contributed by atoms with E-state index in [2.05, 4.69) is 20.9 Å². The Morgan fingerprint density at radius 2 is 1.48 bits per heavy atom. The third-order valence-corrected chi connectivity index (χ3v) is 6.34. The number of halogens is 6. The van der Waals surface area contributed by atoms with Crippen LogP contribution in [0.5, 0.6) is 0 Å². The third-order valence-electron chi connectivity index (χ3n) is 6.34. The van der Waals surface area contributed by atoms with Crippen LogP contribution in [0.2, 0.25) is 0 Å². The van der Waals surface area contributed by atoms with Crippen molar-refractivity contribution in [3.05, 3.63) is 101 Å². The molecule has 13 heteroatoms. The summed E-state index contributed by atoms with van der Waals surface area (Å²) in [6.45, 7) is 1.79. The molecule has 3 aromatic carbocycles. The second kappa shape index (κ2) is 10.7. The lowest BCUT2D eigenvalue weighted by atomic mass is 10.1. The molecule has 0 aliphatic carbocycles. The normalized spacial score (nSPS) is 14.0. The van der Waals surface area contributed by atoms with Crippen molar-refractivity contribution in [2.24, 2.45) is 0 Å². The van der Waals surface area contributed by atoms with Gasteiger partial charge in [0.1, 0.15) is 0 Å². The summed E-state index contributed by atoms with van der Waals surface area (Å²) in [6, 6.07) is 13.4. The van der Waals surface area contributed by atoms with Crippen LogP contribution in [0.3, 0.4) is 0 Å². The number of benzene rings is 3.